The number of piperidine rings is 1. The van der Waals surface area contributed by atoms with Crippen LogP contribution in [0.4, 0.5) is 0 Å². The lowest BCUT2D eigenvalue weighted by molar-refractivity contribution is -0.119. The molecule has 1 aromatic rings. The molecule has 0 radical (unpaired) electrons. The Hall–Kier alpha value is -1.95. The van der Waals surface area contributed by atoms with E-state index < -0.39 is 0 Å². The Kier molecular flexibility index (Phi) is 5.14. The Bertz CT molecular complexity index is 611. The van der Waals surface area contributed by atoms with Gasteiger partial charge in [0.25, 0.3) is 5.91 Å². The minimum absolute atomic E-state index is 0.00113. The maximum absolute atomic E-state index is 12.7. The van der Waals surface area contributed by atoms with Crippen molar-refractivity contribution < 1.29 is 9.59 Å². The van der Waals surface area contributed by atoms with E-state index in [1.165, 1.54) is 18.9 Å². The molecule has 0 aliphatic carbocycles. The van der Waals surface area contributed by atoms with Crippen LogP contribution in [0.3, 0.4) is 0 Å². The monoisotopic (exact) mass is 330 g/mol. The summed E-state index contributed by atoms with van der Waals surface area (Å²) in [5.41, 5.74) is 1.72. The second kappa shape index (κ2) is 7.30. The Morgan fingerprint density at radius 1 is 1.21 bits per heavy atom. The van der Waals surface area contributed by atoms with E-state index in [-0.39, 0.29) is 17.9 Å². The van der Waals surface area contributed by atoms with E-state index in [9.17, 15) is 9.59 Å². The van der Waals surface area contributed by atoms with Crippen molar-refractivity contribution in [2.75, 3.05) is 26.7 Å². The highest BCUT2D eigenvalue weighted by Crippen LogP contribution is 2.30. The lowest BCUT2D eigenvalue weighted by Crippen LogP contribution is -2.46. The summed E-state index contributed by atoms with van der Waals surface area (Å²) in [4.78, 5) is 32.4. The molecule has 130 valence electrons. The fourth-order valence-electron chi connectivity index (χ4n) is 3.78. The van der Waals surface area contributed by atoms with Crippen LogP contribution in [0.5, 0.6) is 0 Å². The molecular weight excluding hydrogens is 304 g/mol. The molecule has 1 aromatic heterocycles. The van der Waals surface area contributed by atoms with E-state index in [0.717, 1.165) is 25.8 Å². The van der Waals surface area contributed by atoms with Crippen LogP contribution in [0.1, 0.15) is 54.7 Å². The van der Waals surface area contributed by atoms with E-state index in [1.807, 2.05) is 17.0 Å². The Labute approximate surface area is 143 Å². The van der Waals surface area contributed by atoms with Gasteiger partial charge in [-0.1, -0.05) is 0 Å². The van der Waals surface area contributed by atoms with Gasteiger partial charge in [-0.2, -0.15) is 0 Å². The summed E-state index contributed by atoms with van der Waals surface area (Å²) in [5.74, 6) is -0.00592. The molecule has 1 N–H and O–H groups in total. The highest BCUT2D eigenvalue weighted by Gasteiger charge is 2.27. The first kappa shape index (κ1) is 16.9. The second-order valence-corrected chi connectivity index (χ2v) is 6.88. The smallest absolute Gasteiger partial charge is 0.272 e. The number of amides is 2. The fraction of sp³-hybridized carbons (Fsp3) is 0.611. The summed E-state index contributed by atoms with van der Waals surface area (Å²) in [7, 11) is 2.13. The van der Waals surface area contributed by atoms with Crippen molar-refractivity contribution in [3.63, 3.8) is 0 Å². The number of rotatable bonds is 3. The third-order valence-electron chi connectivity index (χ3n) is 5.10. The van der Waals surface area contributed by atoms with Crippen molar-refractivity contribution >= 4 is 11.8 Å². The molecule has 6 heteroatoms. The third kappa shape index (κ3) is 3.75. The summed E-state index contributed by atoms with van der Waals surface area (Å²) in [6.07, 6.45) is 5.69. The number of hydrogen-bond acceptors (Lipinski definition) is 4. The molecule has 0 spiro atoms. The lowest BCUT2D eigenvalue weighted by atomic mass is 10.0. The largest absolute Gasteiger partial charge is 0.353 e. The van der Waals surface area contributed by atoms with Gasteiger partial charge in [0, 0.05) is 38.3 Å². The van der Waals surface area contributed by atoms with E-state index in [4.69, 9.17) is 0 Å². The number of carbonyl (C=O) groups is 2. The normalized spacial score (nSPS) is 22.6. The number of hydrogen-bond donors (Lipinski definition) is 1. The molecule has 0 aromatic carbocycles. The first-order chi connectivity index (χ1) is 11.5. The maximum atomic E-state index is 12.7. The van der Waals surface area contributed by atoms with Crippen molar-refractivity contribution in [1.82, 2.24) is 20.1 Å². The highest BCUT2D eigenvalue weighted by molar-refractivity contribution is 5.92. The number of carbonyl (C=O) groups excluding carboxylic acids is 2. The zero-order chi connectivity index (χ0) is 17.1. The van der Waals surface area contributed by atoms with Gasteiger partial charge in [0.15, 0.2) is 0 Å². The molecule has 2 aliphatic rings. The second-order valence-electron chi connectivity index (χ2n) is 6.88. The van der Waals surface area contributed by atoms with Crippen LogP contribution < -0.4 is 5.32 Å². The molecule has 3 heterocycles. The van der Waals surface area contributed by atoms with E-state index in [1.54, 1.807) is 6.20 Å². The Morgan fingerprint density at radius 2 is 1.96 bits per heavy atom. The number of pyridine rings is 1. The van der Waals surface area contributed by atoms with Crippen molar-refractivity contribution in [3.05, 3.63) is 29.6 Å². The van der Waals surface area contributed by atoms with Crippen LogP contribution in [0, 0.1) is 0 Å². The van der Waals surface area contributed by atoms with Gasteiger partial charge in [-0.25, -0.2) is 0 Å². The average molecular weight is 330 g/mol. The number of nitrogens with zero attached hydrogens (tertiary/aromatic N) is 3. The van der Waals surface area contributed by atoms with Crippen molar-refractivity contribution in [3.8, 4) is 0 Å². The van der Waals surface area contributed by atoms with Crippen LogP contribution in [0.15, 0.2) is 18.3 Å². The molecule has 0 saturated carbocycles. The van der Waals surface area contributed by atoms with Crippen molar-refractivity contribution in [2.45, 2.75) is 44.7 Å². The quantitative estimate of drug-likeness (QED) is 0.914. The summed E-state index contributed by atoms with van der Waals surface area (Å²) < 4.78 is 0. The Morgan fingerprint density at radius 3 is 2.58 bits per heavy atom. The van der Waals surface area contributed by atoms with Crippen LogP contribution in [0.2, 0.25) is 0 Å². The van der Waals surface area contributed by atoms with E-state index in [2.05, 4.69) is 22.2 Å². The number of aromatic nitrogens is 1. The van der Waals surface area contributed by atoms with Gasteiger partial charge >= 0.3 is 0 Å². The molecule has 3 rings (SSSR count). The average Bonchev–Trinajstić information content (AvgIpc) is 3.00. The van der Waals surface area contributed by atoms with Gasteiger partial charge in [-0.3, -0.25) is 19.5 Å². The van der Waals surface area contributed by atoms with Crippen LogP contribution in [-0.2, 0) is 4.79 Å². The molecule has 1 atom stereocenters. The minimum atomic E-state index is -0.00479. The minimum Gasteiger partial charge on any atom is -0.353 e. The Balaban J connectivity index is 1.64. The van der Waals surface area contributed by atoms with Gasteiger partial charge in [0.2, 0.25) is 5.91 Å². The van der Waals surface area contributed by atoms with Gasteiger partial charge < -0.3 is 10.2 Å². The molecule has 2 fully saturated rings. The van der Waals surface area contributed by atoms with Gasteiger partial charge in [-0.15, -0.1) is 0 Å². The van der Waals surface area contributed by atoms with Crippen molar-refractivity contribution in [1.29, 1.82) is 0 Å². The maximum Gasteiger partial charge on any atom is 0.272 e. The van der Waals surface area contributed by atoms with E-state index >= 15 is 0 Å². The van der Waals surface area contributed by atoms with Gasteiger partial charge in [0.1, 0.15) is 5.69 Å². The third-order valence-corrected chi connectivity index (χ3v) is 5.10. The summed E-state index contributed by atoms with van der Waals surface area (Å²) in [5, 5.41) is 2.93. The highest BCUT2D eigenvalue weighted by atomic mass is 16.2. The molecule has 6 nitrogen and oxygen atoms in total. The van der Waals surface area contributed by atoms with Crippen LogP contribution in [-0.4, -0.2) is 59.3 Å². The molecule has 0 bridgehead atoms. The molecular formula is C18H26N4O2. The molecule has 2 amide bonds. The topological polar surface area (TPSA) is 65.5 Å². The van der Waals surface area contributed by atoms with Crippen LogP contribution >= 0.6 is 0 Å². The molecule has 24 heavy (non-hydrogen) atoms. The van der Waals surface area contributed by atoms with Gasteiger partial charge in [0.05, 0.1) is 0 Å². The fourth-order valence-corrected chi connectivity index (χ4v) is 3.78. The standard InChI is InChI=1S/C18H26N4O2/c1-13(23)20-15-6-10-22(11-7-15)18(24)16-12-14(5-8-19-16)17-4-3-9-21(17)2/h5,8,12,15,17H,3-4,6-7,9-11H2,1-2H3,(H,20,23). The SMILES string of the molecule is CC(=O)NC1CCN(C(=O)c2cc(C3CCCN3C)ccn2)CC1. The molecule has 2 saturated heterocycles. The zero-order valence-corrected chi connectivity index (χ0v) is 14.5. The van der Waals surface area contributed by atoms with Gasteiger partial charge in [-0.05, 0) is 57.0 Å². The molecule has 1 unspecified atom stereocenters. The van der Waals surface area contributed by atoms with E-state index in [0.29, 0.717) is 24.8 Å². The summed E-state index contributed by atoms with van der Waals surface area (Å²) >= 11 is 0. The first-order valence-electron chi connectivity index (χ1n) is 8.77. The summed E-state index contributed by atoms with van der Waals surface area (Å²) in [6.45, 7) is 3.97. The first-order valence-corrected chi connectivity index (χ1v) is 8.77. The number of nitrogens with one attached hydrogen (secondary N) is 1. The van der Waals surface area contributed by atoms with Crippen molar-refractivity contribution in [2.24, 2.45) is 0 Å². The lowest BCUT2D eigenvalue weighted by Gasteiger charge is -2.32. The summed E-state index contributed by atoms with van der Waals surface area (Å²) in [6, 6.07) is 4.55. The number of likely N-dealkylation sites (tertiary alicyclic amines) is 2. The predicted molar refractivity (Wildman–Crippen MR) is 91.6 cm³/mol. The predicted octanol–water partition coefficient (Wildman–Crippen LogP) is 1.59. The zero-order valence-electron chi connectivity index (χ0n) is 14.5. The molecule has 2 aliphatic heterocycles. The van der Waals surface area contributed by atoms with Crippen LogP contribution in [0.25, 0.3) is 0 Å².